The van der Waals surface area contributed by atoms with Crippen molar-refractivity contribution in [3.05, 3.63) is 0 Å². The van der Waals surface area contributed by atoms with Gasteiger partial charge in [-0.05, 0) is 25.8 Å². The normalized spacial score (nSPS) is 24.5. The minimum Gasteiger partial charge on any atom is -0.396 e. The molecule has 76 valence electrons. The number of aliphatic hydroxyl groups excluding tert-OH is 1. The van der Waals surface area contributed by atoms with Crippen molar-refractivity contribution in [2.45, 2.75) is 19.3 Å². The number of hydrogen-bond acceptors (Lipinski definition) is 3. The molecule has 3 N–H and O–H groups in total. The van der Waals surface area contributed by atoms with Gasteiger partial charge in [0.1, 0.15) is 0 Å². The van der Waals surface area contributed by atoms with Gasteiger partial charge in [-0.15, -0.1) is 0 Å². The number of likely N-dealkylation sites (tertiary alicyclic amines) is 1. The molecule has 4 heteroatoms. The van der Waals surface area contributed by atoms with Crippen molar-refractivity contribution in [2.75, 3.05) is 26.2 Å². The van der Waals surface area contributed by atoms with Gasteiger partial charge >= 0.3 is 0 Å². The monoisotopic (exact) mass is 186 g/mol. The number of rotatable bonds is 4. The molecule has 1 rings (SSSR count). The van der Waals surface area contributed by atoms with E-state index in [1.54, 1.807) is 0 Å². The van der Waals surface area contributed by atoms with Gasteiger partial charge in [-0.25, -0.2) is 0 Å². The molecule has 0 saturated carbocycles. The number of aliphatic hydroxyl groups is 1. The Morgan fingerprint density at radius 1 is 1.62 bits per heavy atom. The highest BCUT2D eigenvalue weighted by Gasteiger charge is 2.23. The predicted molar refractivity (Wildman–Crippen MR) is 50.1 cm³/mol. The van der Waals surface area contributed by atoms with Gasteiger partial charge in [-0.1, -0.05) is 0 Å². The lowest BCUT2D eigenvalue weighted by molar-refractivity contribution is -0.123. The third kappa shape index (κ3) is 3.32. The number of piperidine rings is 1. The number of hydrogen-bond donors (Lipinski definition) is 2. The van der Waals surface area contributed by atoms with Gasteiger partial charge in [0.25, 0.3) is 0 Å². The smallest absolute Gasteiger partial charge is 0.221 e. The molecule has 1 heterocycles. The molecule has 1 aliphatic heterocycles. The van der Waals surface area contributed by atoms with Crippen LogP contribution in [0.15, 0.2) is 0 Å². The second kappa shape index (κ2) is 5.19. The Bertz CT molecular complexity index is 173. The van der Waals surface area contributed by atoms with Crippen LogP contribution < -0.4 is 5.73 Å². The summed E-state index contributed by atoms with van der Waals surface area (Å²) in [5.74, 6) is -0.166. The van der Waals surface area contributed by atoms with E-state index in [1.165, 1.54) is 0 Å². The molecule has 0 spiro atoms. The van der Waals surface area contributed by atoms with E-state index in [9.17, 15) is 4.79 Å². The van der Waals surface area contributed by atoms with Crippen LogP contribution in [0.25, 0.3) is 0 Å². The summed E-state index contributed by atoms with van der Waals surface area (Å²) >= 11 is 0. The van der Waals surface area contributed by atoms with Crippen LogP contribution in [0.5, 0.6) is 0 Å². The maximum Gasteiger partial charge on any atom is 0.221 e. The van der Waals surface area contributed by atoms with Crippen molar-refractivity contribution >= 4 is 5.91 Å². The molecule has 1 aliphatic rings. The molecular weight excluding hydrogens is 168 g/mol. The Labute approximate surface area is 78.7 Å². The largest absolute Gasteiger partial charge is 0.396 e. The van der Waals surface area contributed by atoms with Crippen LogP contribution in [-0.2, 0) is 4.79 Å². The molecule has 1 fully saturated rings. The molecule has 0 aromatic heterocycles. The molecule has 1 saturated heterocycles. The fraction of sp³-hybridized carbons (Fsp3) is 0.889. The van der Waals surface area contributed by atoms with Crippen LogP contribution in [0.2, 0.25) is 0 Å². The first-order valence-electron chi connectivity index (χ1n) is 4.86. The van der Waals surface area contributed by atoms with E-state index in [-0.39, 0.29) is 18.4 Å². The van der Waals surface area contributed by atoms with Crippen LogP contribution in [0.3, 0.4) is 0 Å². The second-order valence-electron chi connectivity index (χ2n) is 3.62. The van der Waals surface area contributed by atoms with Gasteiger partial charge in [-0.2, -0.15) is 0 Å². The molecule has 13 heavy (non-hydrogen) atoms. The molecule has 0 bridgehead atoms. The molecular formula is C9H18N2O2. The van der Waals surface area contributed by atoms with Gasteiger partial charge in [0.15, 0.2) is 0 Å². The Balaban J connectivity index is 2.29. The SMILES string of the molecule is NC(=O)C1CCCN(CCCO)C1. The van der Waals surface area contributed by atoms with E-state index in [1.807, 2.05) is 0 Å². The molecule has 4 nitrogen and oxygen atoms in total. The van der Waals surface area contributed by atoms with Crippen molar-refractivity contribution in [2.24, 2.45) is 11.7 Å². The Morgan fingerprint density at radius 2 is 2.38 bits per heavy atom. The van der Waals surface area contributed by atoms with Crippen LogP contribution in [0.1, 0.15) is 19.3 Å². The van der Waals surface area contributed by atoms with Gasteiger partial charge in [0.05, 0.1) is 5.92 Å². The summed E-state index contributed by atoms with van der Waals surface area (Å²) in [6.45, 7) is 2.90. The minimum atomic E-state index is -0.186. The summed E-state index contributed by atoms with van der Waals surface area (Å²) in [7, 11) is 0. The predicted octanol–water partition coefficient (Wildman–Crippen LogP) is -0.434. The van der Waals surface area contributed by atoms with E-state index >= 15 is 0 Å². The number of carbonyl (C=O) groups excluding carboxylic acids is 1. The first-order valence-corrected chi connectivity index (χ1v) is 4.86. The zero-order chi connectivity index (χ0) is 9.68. The van der Waals surface area contributed by atoms with Crippen molar-refractivity contribution in [3.63, 3.8) is 0 Å². The molecule has 0 aliphatic carbocycles. The van der Waals surface area contributed by atoms with E-state index < -0.39 is 0 Å². The third-order valence-corrected chi connectivity index (χ3v) is 2.54. The quantitative estimate of drug-likeness (QED) is 0.626. The lowest BCUT2D eigenvalue weighted by atomic mass is 9.97. The molecule has 1 amide bonds. The summed E-state index contributed by atoms with van der Waals surface area (Å²) in [5.41, 5.74) is 5.24. The van der Waals surface area contributed by atoms with Crippen LogP contribution in [-0.4, -0.2) is 42.2 Å². The molecule has 0 aromatic rings. The van der Waals surface area contributed by atoms with Crippen molar-refractivity contribution in [3.8, 4) is 0 Å². The van der Waals surface area contributed by atoms with E-state index in [0.717, 1.165) is 38.9 Å². The summed E-state index contributed by atoms with van der Waals surface area (Å²) < 4.78 is 0. The van der Waals surface area contributed by atoms with Crippen LogP contribution in [0, 0.1) is 5.92 Å². The Kier molecular flexibility index (Phi) is 4.18. The molecule has 1 unspecified atom stereocenters. The maximum atomic E-state index is 10.9. The first-order chi connectivity index (χ1) is 6.24. The van der Waals surface area contributed by atoms with Crippen molar-refractivity contribution < 1.29 is 9.90 Å². The van der Waals surface area contributed by atoms with Crippen LogP contribution in [0.4, 0.5) is 0 Å². The standard InChI is InChI=1S/C9H18N2O2/c10-9(13)8-3-1-4-11(7-8)5-2-6-12/h8,12H,1-7H2,(H2,10,13). The number of nitrogens with zero attached hydrogens (tertiary/aromatic N) is 1. The summed E-state index contributed by atoms with van der Waals surface area (Å²) in [6, 6.07) is 0. The second-order valence-corrected chi connectivity index (χ2v) is 3.62. The highest BCUT2D eigenvalue weighted by atomic mass is 16.3. The van der Waals surface area contributed by atoms with E-state index in [2.05, 4.69) is 4.90 Å². The lowest BCUT2D eigenvalue weighted by Gasteiger charge is -2.30. The summed E-state index contributed by atoms with van der Waals surface area (Å²) in [5, 5.41) is 8.65. The van der Waals surface area contributed by atoms with Gasteiger partial charge in [-0.3, -0.25) is 4.79 Å². The van der Waals surface area contributed by atoms with Crippen LogP contribution >= 0.6 is 0 Å². The number of nitrogens with two attached hydrogens (primary N) is 1. The van der Waals surface area contributed by atoms with Gasteiger partial charge < -0.3 is 15.7 Å². The zero-order valence-corrected chi connectivity index (χ0v) is 7.91. The fourth-order valence-corrected chi connectivity index (χ4v) is 1.79. The Hall–Kier alpha value is -0.610. The average Bonchev–Trinajstić information content (AvgIpc) is 2.15. The maximum absolute atomic E-state index is 10.9. The van der Waals surface area contributed by atoms with E-state index in [4.69, 9.17) is 10.8 Å². The lowest BCUT2D eigenvalue weighted by Crippen LogP contribution is -2.41. The highest BCUT2D eigenvalue weighted by molar-refractivity contribution is 5.76. The summed E-state index contributed by atoms with van der Waals surface area (Å²) in [6.07, 6.45) is 2.75. The van der Waals surface area contributed by atoms with E-state index in [0.29, 0.717) is 0 Å². The topological polar surface area (TPSA) is 66.6 Å². The first kappa shape index (κ1) is 10.5. The highest BCUT2D eigenvalue weighted by Crippen LogP contribution is 2.15. The van der Waals surface area contributed by atoms with Crippen molar-refractivity contribution in [1.82, 2.24) is 4.90 Å². The fourth-order valence-electron chi connectivity index (χ4n) is 1.79. The number of carbonyl (C=O) groups is 1. The van der Waals surface area contributed by atoms with Gasteiger partial charge in [0.2, 0.25) is 5.91 Å². The number of amides is 1. The van der Waals surface area contributed by atoms with Gasteiger partial charge in [0, 0.05) is 19.7 Å². The average molecular weight is 186 g/mol. The molecule has 0 radical (unpaired) electrons. The number of primary amides is 1. The molecule has 1 atom stereocenters. The molecule has 0 aromatic carbocycles. The third-order valence-electron chi connectivity index (χ3n) is 2.54. The minimum absolute atomic E-state index is 0.0208. The Morgan fingerprint density at radius 3 is 3.00 bits per heavy atom. The van der Waals surface area contributed by atoms with Crippen molar-refractivity contribution in [1.29, 1.82) is 0 Å². The summed E-state index contributed by atoms with van der Waals surface area (Å²) in [4.78, 5) is 13.1. The zero-order valence-electron chi connectivity index (χ0n) is 7.91.